The molecule has 6 aromatic heterocycles. The predicted octanol–water partition coefficient (Wildman–Crippen LogP) is 6.83. The molecule has 2 spiro atoms. The molecule has 6 aromatic rings. The lowest BCUT2D eigenvalue weighted by Gasteiger charge is -2.35. The fraction of sp³-hybridized carbons (Fsp3) is 0.545. The molecular formula is C44H58Cl2N16O6Si2. The zero-order chi connectivity index (χ0) is 49.6. The minimum atomic E-state index is -1.36. The topological polar surface area (TPSA) is 260 Å². The van der Waals surface area contributed by atoms with Gasteiger partial charge in [0.2, 0.25) is 5.65 Å². The van der Waals surface area contributed by atoms with E-state index in [0.29, 0.717) is 72.9 Å². The third-order valence-electron chi connectivity index (χ3n) is 13.3. The average molecular weight is 1030 g/mol. The Morgan fingerprint density at radius 3 is 1.93 bits per heavy atom. The van der Waals surface area contributed by atoms with E-state index in [4.69, 9.17) is 32.7 Å². The highest BCUT2D eigenvalue weighted by molar-refractivity contribution is 6.76. The Labute approximate surface area is 414 Å². The summed E-state index contributed by atoms with van der Waals surface area (Å²) in [7, 11) is -2.60. The summed E-state index contributed by atoms with van der Waals surface area (Å²) in [6.07, 6.45) is 11.3. The van der Waals surface area contributed by atoms with Crippen LogP contribution in [0.4, 0.5) is 23.0 Å². The van der Waals surface area contributed by atoms with Crippen LogP contribution >= 0.6 is 23.2 Å². The number of ether oxygens (including phenoxy) is 2. The van der Waals surface area contributed by atoms with Crippen molar-refractivity contribution >= 4 is 96.5 Å². The molecule has 70 heavy (non-hydrogen) atoms. The van der Waals surface area contributed by atoms with Crippen molar-refractivity contribution in [1.82, 2.24) is 70.1 Å². The number of fused-ring (bicyclic) bond motifs is 6. The van der Waals surface area contributed by atoms with Gasteiger partial charge in [0.15, 0.2) is 28.3 Å². The standard InChI is InChI=1S/C28H43ClN8O4Si2.C16H15ClN8O2/c1-42(2,3)14-12-40-18-35(24-22-25(31-17-30-24)36(34-33-22)19-41-13-15-43(4,5)6)21-16-20(29)23-26(38)32-28(37(23)27(21)39)10-8-7-9-11-28;17-8-6-9(20-12-10-13(19-7-18-12)23-24-22-10)15(27)25-11(8)14(26)21-16(25)4-2-1-3-5-16/h16-17H,7-15,18-19H2,1-6H3,(H,32,38);6-7H,1-5H2,(H,21,26)(H2,18,19,20,22,23,24). The summed E-state index contributed by atoms with van der Waals surface area (Å²) in [6, 6.07) is 4.97. The first kappa shape index (κ1) is 49.3. The van der Waals surface area contributed by atoms with E-state index in [1.807, 2.05) is 0 Å². The van der Waals surface area contributed by atoms with Crippen LogP contribution in [0, 0.1) is 0 Å². The van der Waals surface area contributed by atoms with Crippen LogP contribution in [0.1, 0.15) is 85.2 Å². The Morgan fingerprint density at radius 1 is 0.714 bits per heavy atom. The number of carbonyl (C=O) groups excluding carboxylic acids is 2. The van der Waals surface area contributed by atoms with Crippen molar-refractivity contribution in [2.75, 3.05) is 30.2 Å². The molecule has 0 saturated heterocycles. The first-order chi connectivity index (χ1) is 33.4. The molecule has 0 aromatic carbocycles. The van der Waals surface area contributed by atoms with Gasteiger partial charge in [-0.15, -0.1) is 10.2 Å². The predicted molar refractivity (Wildman–Crippen MR) is 270 cm³/mol. The van der Waals surface area contributed by atoms with E-state index in [1.54, 1.807) is 14.1 Å². The van der Waals surface area contributed by atoms with Gasteiger partial charge in [-0.3, -0.25) is 33.2 Å². The molecule has 4 N–H and O–H groups in total. The lowest BCUT2D eigenvalue weighted by atomic mass is 9.89. The number of nitrogens with one attached hydrogen (secondary N) is 4. The lowest BCUT2D eigenvalue weighted by molar-refractivity contribution is 0.0798. The molecule has 0 radical (unpaired) electrons. The van der Waals surface area contributed by atoms with E-state index in [-0.39, 0.29) is 69.2 Å². The van der Waals surface area contributed by atoms with Crippen LogP contribution in [-0.4, -0.2) is 107 Å². The zero-order valence-corrected chi connectivity index (χ0v) is 43.7. The number of amides is 2. The van der Waals surface area contributed by atoms with Crippen molar-refractivity contribution in [3.8, 4) is 0 Å². The number of halogens is 2. The lowest BCUT2D eigenvalue weighted by Crippen LogP contribution is -2.49. The van der Waals surface area contributed by atoms with Crippen LogP contribution < -0.4 is 32.0 Å². The van der Waals surface area contributed by atoms with Crippen molar-refractivity contribution in [1.29, 1.82) is 0 Å². The minimum absolute atomic E-state index is 0.0372. The highest BCUT2D eigenvalue weighted by atomic mass is 35.5. The largest absolute Gasteiger partial charge is 0.361 e. The maximum atomic E-state index is 14.4. The van der Waals surface area contributed by atoms with Crippen molar-refractivity contribution in [3.05, 3.63) is 66.9 Å². The van der Waals surface area contributed by atoms with Gasteiger partial charge in [0, 0.05) is 29.4 Å². The van der Waals surface area contributed by atoms with E-state index in [0.717, 1.165) is 50.6 Å². The first-order valence-electron chi connectivity index (χ1n) is 23.7. The number of pyridine rings is 2. The van der Waals surface area contributed by atoms with Gasteiger partial charge in [-0.25, -0.2) is 24.6 Å². The molecule has 2 aliphatic carbocycles. The van der Waals surface area contributed by atoms with E-state index in [2.05, 4.69) is 101 Å². The van der Waals surface area contributed by atoms with Gasteiger partial charge in [0.05, 0.1) is 10.0 Å². The summed E-state index contributed by atoms with van der Waals surface area (Å²) < 4.78 is 16.8. The summed E-state index contributed by atoms with van der Waals surface area (Å²) in [4.78, 5) is 72.0. The van der Waals surface area contributed by atoms with Gasteiger partial charge < -0.3 is 25.4 Å². The molecule has 0 bridgehead atoms. The fourth-order valence-corrected chi connectivity index (χ4v) is 11.6. The fourth-order valence-electron chi connectivity index (χ4n) is 9.57. The molecule has 4 aliphatic rings. The van der Waals surface area contributed by atoms with Crippen molar-refractivity contribution in [2.24, 2.45) is 0 Å². The van der Waals surface area contributed by atoms with E-state index >= 15 is 0 Å². The van der Waals surface area contributed by atoms with Crippen molar-refractivity contribution in [2.45, 2.75) is 134 Å². The van der Waals surface area contributed by atoms with Crippen LogP contribution in [0.25, 0.3) is 22.3 Å². The highest BCUT2D eigenvalue weighted by Gasteiger charge is 2.47. The van der Waals surface area contributed by atoms with Crippen molar-refractivity contribution < 1.29 is 19.1 Å². The molecule has 2 aliphatic heterocycles. The summed E-state index contributed by atoms with van der Waals surface area (Å²) in [5.74, 6) is 0.0638. The SMILES string of the molecule is C[Si](C)(C)CCOCN(c1cc(Cl)c2n(c1=O)C1(CCCCC1)NC2=O)c1ncnc2c1nnn2COCC[Si](C)(C)C.O=C1NC2(CCCCC2)n2c1c(Cl)cc(Nc1ncnc3n[nH]nc13)c2=O. The molecule has 0 atom stereocenters. The molecule has 372 valence electrons. The number of aromatic amines is 1. The summed E-state index contributed by atoms with van der Waals surface area (Å²) in [5.41, 5.74) is 0.395. The Morgan fingerprint density at radius 2 is 1.30 bits per heavy atom. The minimum Gasteiger partial charge on any atom is -0.361 e. The van der Waals surface area contributed by atoms with Gasteiger partial charge in [-0.1, -0.05) is 80.5 Å². The second kappa shape index (κ2) is 19.5. The normalized spacial score (nSPS) is 17.1. The number of hydrogen-bond donors (Lipinski definition) is 4. The molecule has 0 unspecified atom stereocenters. The number of hydrogen-bond acceptors (Lipinski definition) is 16. The number of H-pyrrole nitrogens is 1. The number of nitrogens with zero attached hydrogens (tertiary/aromatic N) is 12. The molecule has 2 amide bonds. The summed E-state index contributed by atoms with van der Waals surface area (Å²) in [6.45, 7) is 15.2. The molecule has 22 nitrogen and oxygen atoms in total. The van der Waals surface area contributed by atoms with Gasteiger partial charge in [-0.2, -0.15) is 10.3 Å². The van der Waals surface area contributed by atoms with Crippen LogP contribution in [0.5, 0.6) is 0 Å². The van der Waals surface area contributed by atoms with Crippen LogP contribution in [-0.2, 0) is 27.5 Å². The second-order valence-corrected chi connectivity index (χ2v) is 32.8. The third kappa shape index (κ3) is 9.72. The second-order valence-electron chi connectivity index (χ2n) is 20.8. The van der Waals surface area contributed by atoms with Crippen LogP contribution in [0.3, 0.4) is 0 Å². The molecular weight excluding hydrogens is 976 g/mol. The quantitative estimate of drug-likeness (QED) is 0.0495. The van der Waals surface area contributed by atoms with E-state index in [1.165, 1.54) is 29.4 Å². The van der Waals surface area contributed by atoms with E-state index in [9.17, 15) is 19.2 Å². The van der Waals surface area contributed by atoms with Gasteiger partial charge in [0.25, 0.3) is 22.9 Å². The first-order valence-corrected chi connectivity index (χ1v) is 31.9. The Kier molecular flexibility index (Phi) is 13.7. The third-order valence-corrected chi connectivity index (χ3v) is 17.2. The molecule has 8 heterocycles. The number of anilines is 4. The van der Waals surface area contributed by atoms with Gasteiger partial charge in [-0.05, 0) is 75.6 Å². The van der Waals surface area contributed by atoms with E-state index < -0.39 is 27.5 Å². The van der Waals surface area contributed by atoms with Crippen LogP contribution in [0.15, 0.2) is 34.4 Å². The number of carbonyl (C=O) groups is 2. The Hall–Kier alpha value is -5.67. The maximum Gasteiger partial charge on any atom is 0.277 e. The zero-order valence-electron chi connectivity index (χ0n) is 40.2. The Balaban J connectivity index is 0.000000192. The smallest absolute Gasteiger partial charge is 0.277 e. The molecule has 2 saturated carbocycles. The molecule has 2 fully saturated rings. The maximum absolute atomic E-state index is 14.4. The monoisotopic (exact) mass is 1030 g/mol. The number of aromatic nitrogens is 12. The highest BCUT2D eigenvalue weighted by Crippen LogP contribution is 2.41. The number of rotatable bonds is 14. The Bertz CT molecular complexity index is 3080. The summed E-state index contributed by atoms with van der Waals surface area (Å²) in [5, 5.41) is 28.5. The van der Waals surface area contributed by atoms with Crippen LogP contribution in [0.2, 0.25) is 61.4 Å². The molecule has 10 rings (SSSR count). The summed E-state index contributed by atoms with van der Waals surface area (Å²) >= 11 is 13.1. The van der Waals surface area contributed by atoms with Gasteiger partial charge >= 0.3 is 0 Å². The van der Waals surface area contributed by atoms with Gasteiger partial charge in [0.1, 0.15) is 60.2 Å². The van der Waals surface area contributed by atoms with Crippen molar-refractivity contribution in [3.63, 3.8) is 0 Å². The average Bonchev–Trinajstić information content (AvgIpc) is 4.09. The molecule has 26 heteroatoms.